The molecule has 0 heterocycles. The maximum Gasteiger partial charge on any atom is 0.234 e. The smallest absolute Gasteiger partial charge is 0.234 e. The molecule has 0 aliphatic carbocycles. The van der Waals surface area contributed by atoms with Crippen LogP contribution in [0.1, 0.15) is 12.5 Å². The zero-order chi connectivity index (χ0) is 12.0. The Morgan fingerprint density at radius 3 is 2.47 bits per heavy atom. The van der Waals surface area contributed by atoms with Gasteiger partial charge in [0.05, 0.1) is 6.54 Å². The topological polar surface area (TPSA) is 41.1 Å². The van der Waals surface area contributed by atoms with E-state index in [1.807, 2.05) is 19.1 Å². The van der Waals surface area contributed by atoms with Crippen molar-refractivity contribution < 1.29 is 4.79 Å². The van der Waals surface area contributed by atoms with Crippen LogP contribution in [0.5, 0.6) is 0 Å². The first-order valence-electron chi connectivity index (χ1n) is 5.30. The van der Waals surface area contributed by atoms with Crippen LogP contribution in [0.2, 0.25) is 0 Å². The highest BCUT2D eigenvalue weighted by Gasteiger charge is 2.06. The highest BCUT2D eigenvalue weighted by Crippen LogP contribution is 2.11. The summed E-state index contributed by atoms with van der Waals surface area (Å²) in [5.41, 5.74) is 1.22. The molecule has 0 aromatic heterocycles. The van der Waals surface area contributed by atoms with Gasteiger partial charge in [0, 0.05) is 10.5 Å². The summed E-state index contributed by atoms with van der Waals surface area (Å²) in [6, 6.07) is 8.30. The van der Waals surface area contributed by atoms with Crippen LogP contribution in [0, 0.1) is 0 Å². The quantitative estimate of drug-likeness (QED) is 0.872. The molecule has 5 heteroatoms. The molecule has 0 fully saturated rings. The summed E-state index contributed by atoms with van der Waals surface area (Å²) in [5.74, 6) is 0.0344. The van der Waals surface area contributed by atoms with Crippen LogP contribution in [-0.4, -0.2) is 25.5 Å². The molecule has 1 amide bonds. The Balaban J connectivity index is 0.00000256. The van der Waals surface area contributed by atoms with Crippen LogP contribution in [0.15, 0.2) is 28.7 Å². The third-order valence-corrected chi connectivity index (χ3v) is 2.73. The lowest BCUT2D eigenvalue weighted by Crippen LogP contribution is -2.39. The molecule has 1 aromatic carbocycles. The summed E-state index contributed by atoms with van der Waals surface area (Å²) >= 11 is 3.39. The molecule has 0 aliphatic heterocycles. The normalized spacial score (nSPS) is 11.5. The molecule has 17 heavy (non-hydrogen) atoms. The fourth-order valence-corrected chi connectivity index (χ4v) is 1.78. The van der Waals surface area contributed by atoms with Gasteiger partial charge in [0.2, 0.25) is 5.91 Å². The molecule has 1 atom stereocenters. The molecule has 0 radical (unpaired) electrons. The summed E-state index contributed by atoms with van der Waals surface area (Å²) in [7, 11) is 1.76. The largest absolute Gasteiger partial charge is 0.352 e. The summed E-state index contributed by atoms with van der Waals surface area (Å²) < 4.78 is 1.07. The SMILES string of the molecule is CNCC(=O)NC(C)Cc1ccc(Br)cc1.Cl. The van der Waals surface area contributed by atoms with Crippen LogP contribution in [-0.2, 0) is 11.2 Å². The average Bonchev–Trinajstić information content (AvgIpc) is 2.21. The van der Waals surface area contributed by atoms with Crippen molar-refractivity contribution in [3.05, 3.63) is 34.3 Å². The third-order valence-electron chi connectivity index (χ3n) is 2.20. The number of carbonyl (C=O) groups excluding carboxylic acids is 1. The second-order valence-electron chi connectivity index (χ2n) is 3.83. The van der Waals surface area contributed by atoms with Crippen molar-refractivity contribution in [3.8, 4) is 0 Å². The molecule has 0 spiro atoms. The molecular weight excluding hydrogens is 304 g/mol. The van der Waals surface area contributed by atoms with Crippen molar-refractivity contribution >= 4 is 34.2 Å². The minimum absolute atomic E-state index is 0. The molecule has 0 aliphatic rings. The van der Waals surface area contributed by atoms with Gasteiger partial charge in [0.25, 0.3) is 0 Å². The number of benzene rings is 1. The Morgan fingerprint density at radius 1 is 1.35 bits per heavy atom. The van der Waals surface area contributed by atoms with Gasteiger partial charge in [-0.15, -0.1) is 12.4 Å². The molecular formula is C12H18BrClN2O. The second kappa shape index (κ2) is 8.50. The van der Waals surface area contributed by atoms with E-state index in [0.717, 1.165) is 10.9 Å². The maximum atomic E-state index is 11.3. The van der Waals surface area contributed by atoms with Gasteiger partial charge >= 0.3 is 0 Å². The van der Waals surface area contributed by atoms with Gasteiger partial charge in [0.1, 0.15) is 0 Å². The molecule has 2 N–H and O–H groups in total. The summed E-state index contributed by atoms with van der Waals surface area (Å²) in [5, 5.41) is 5.76. The molecule has 0 saturated carbocycles. The zero-order valence-electron chi connectivity index (χ0n) is 10.00. The molecule has 1 rings (SSSR count). The summed E-state index contributed by atoms with van der Waals surface area (Å²) in [6.45, 7) is 2.38. The standard InChI is InChI=1S/C12H17BrN2O.ClH/c1-9(15-12(16)8-14-2)7-10-3-5-11(13)6-4-10;/h3-6,9,14H,7-8H2,1-2H3,(H,15,16);1H. The highest BCUT2D eigenvalue weighted by molar-refractivity contribution is 9.10. The van der Waals surface area contributed by atoms with E-state index in [-0.39, 0.29) is 24.4 Å². The van der Waals surface area contributed by atoms with Gasteiger partial charge < -0.3 is 10.6 Å². The van der Waals surface area contributed by atoms with Gasteiger partial charge in [-0.25, -0.2) is 0 Å². The number of halogens is 2. The predicted molar refractivity (Wildman–Crippen MR) is 76.6 cm³/mol. The zero-order valence-corrected chi connectivity index (χ0v) is 12.4. The van der Waals surface area contributed by atoms with Crippen molar-refractivity contribution in [2.45, 2.75) is 19.4 Å². The number of hydrogen-bond acceptors (Lipinski definition) is 2. The van der Waals surface area contributed by atoms with Gasteiger partial charge in [-0.2, -0.15) is 0 Å². The van der Waals surface area contributed by atoms with E-state index >= 15 is 0 Å². The first-order valence-corrected chi connectivity index (χ1v) is 6.09. The van der Waals surface area contributed by atoms with E-state index in [0.29, 0.717) is 6.54 Å². The van der Waals surface area contributed by atoms with Crippen LogP contribution >= 0.6 is 28.3 Å². The van der Waals surface area contributed by atoms with Crippen LogP contribution < -0.4 is 10.6 Å². The van der Waals surface area contributed by atoms with Crippen molar-refractivity contribution in [2.24, 2.45) is 0 Å². The Morgan fingerprint density at radius 2 is 1.94 bits per heavy atom. The fraction of sp³-hybridized carbons (Fsp3) is 0.417. The summed E-state index contributed by atoms with van der Waals surface area (Å²) in [6.07, 6.45) is 0.850. The Labute approximate surface area is 117 Å². The number of nitrogens with one attached hydrogen (secondary N) is 2. The maximum absolute atomic E-state index is 11.3. The van der Waals surface area contributed by atoms with Crippen molar-refractivity contribution in [1.82, 2.24) is 10.6 Å². The summed E-state index contributed by atoms with van der Waals surface area (Å²) in [4.78, 5) is 11.3. The lowest BCUT2D eigenvalue weighted by molar-refractivity contribution is -0.120. The third kappa shape index (κ3) is 6.66. The first kappa shape index (κ1) is 16.4. The predicted octanol–water partition coefficient (Wildman–Crippen LogP) is 2.14. The van der Waals surface area contributed by atoms with Crippen LogP contribution in [0.3, 0.4) is 0 Å². The minimum atomic E-state index is 0. The number of carbonyl (C=O) groups is 1. The Hall–Kier alpha value is -0.580. The molecule has 0 saturated heterocycles. The van der Waals surface area contributed by atoms with Crippen molar-refractivity contribution in [1.29, 1.82) is 0 Å². The number of rotatable bonds is 5. The average molecular weight is 322 g/mol. The van der Waals surface area contributed by atoms with Crippen molar-refractivity contribution in [3.63, 3.8) is 0 Å². The number of likely N-dealkylation sites (N-methyl/N-ethyl adjacent to an activating group) is 1. The van der Waals surface area contributed by atoms with Gasteiger partial charge in [-0.3, -0.25) is 4.79 Å². The molecule has 1 unspecified atom stereocenters. The van der Waals surface area contributed by atoms with E-state index in [4.69, 9.17) is 0 Å². The monoisotopic (exact) mass is 320 g/mol. The van der Waals surface area contributed by atoms with Gasteiger partial charge in [-0.05, 0) is 38.1 Å². The van der Waals surface area contributed by atoms with Gasteiger partial charge in [0.15, 0.2) is 0 Å². The Kier molecular flexibility index (Phi) is 8.21. The van der Waals surface area contributed by atoms with E-state index in [1.54, 1.807) is 7.05 Å². The number of hydrogen-bond donors (Lipinski definition) is 2. The van der Waals surface area contributed by atoms with Crippen LogP contribution in [0.4, 0.5) is 0 Å². The Bertz CT molecular complexity index is 343. The molecule has 1 aromatic rings. The highest BCUT2D eigenvalue weighted by atomic mass is 79.9. The van der Waals surface area contributed by atoms with Crippen molar-refractivity contribution in [2.75, 3.05) is 13.6 Å². The van der Waals surface area contributed by atoms with E-state index in [2.05, 4.69) is 38.7 Å². The fourth-order valence-electron chi connectivity index (χ4n) is 1.51. The lowest BCUT2D eigenvalue weighted by Gasteiger charge is -2.13. The second-order valence-corrected chi connectivity index (χ2v) is 4.75. The van der Waals surface area contributed by atoms with E-state index < -0.39 is 0 Å². The molecule has 96 valence electrons. The number of amides is 1. The first-order chi connectivity index (χ1) is 7.61. The lowest BCUT2D eigenvalue weighted by atomic mass is 10.1. The van der Waals surface area contributed by atoms with Crippen LogP contribution in [0.25, 0.3) is 0 Å². The molecule has 0 bridgehead atoms. The van der Waals surface area contributed by atoms with E-state index in [9.17, 15) is 4.79 Å². The van der Waals surface area contributed by atoms with E-state index in [1.165, 1.54) is 5.56 Å². The minimum Gasteiger partial charge on any atom is -0.352 e. The molecule has 3 nitrogen and oxygen atoms in total. The van der Waals surface area contributed by atoms with Gasteiger partial charge in [-0.1, -0.05) is 28.1 Å².